The van der Waals surface area contributed by atoms with Crippen molar-refractivity contribution in [3.05, 3.63) is 65.2 Å². The second-order valence-corrected chi connectivity index (χ2v) is 9.02. The molecule has 8 nitrogen and oxygen atoms in total. The molecule has 0 fully saturated rings. The summed E-state index contributed by atoms with van der Waals surface area (Å²) < 4.78 is 5.64. The molecular weight excluding hydrogens is 438 g/mol. The predicted octanol–water partition coefficient (Wildman–Crippen LogP) is 3.02. The molecule has 0 aliphatic heterocycles. The van der Waals surface area contributed by atoms with Crippen LogP contribution in [0, 0.1) is 6.92 Å². The Labute approximate surface area is 200 Å². The highest BCUT2D eigenvalue weighted by atomic mass is 16.6. The second-order valence-electron chi connectivity index (χ2n) is 9.02. The number of hydrogen-bond acceptors (Lipinski definition) is 7. The molecule has 0 amide bonds. The van der Waals surface area contributed by atoms with Crippen LogP contribution in [-0.4, -0.2) is 67.8 Å². The van der Waals surface area contributed by atoms with Gasteiger partial charge in [-0.1, -0.05) is 48.0 Å². The summed E-state index contributed by atoms with van der Waals surface area (Å²) >= 11 is 0. The zero-order valence-electron chi connectivity index (χ0n) is 20.3. The number of ether oxygens (including phenoxy) is 1. The van der Waals surface area contributed by atoms with Gasteiger partial charge >= 0.3 is 11.9 Å². The van der Waals surface area contributed by atoms with Gasteiger partial charge in [-0.25, -0.2) is 9.59 Å². The largest absolute Gasteiger partial charge is 0.508 e. The van der Waals surface area contributed by atoms with Crippen LogP contribution in [0.3, 0.4) is 0 Å². The van der Waals surface area contributed by atoms with Gasteiger partial charge in [0.15, 0.2) is 18.4 Å². The van der Waals surface area contributed by atoms with Crippen LogP contribution in [0.25, 0.3) is 0 Å². The van der Waals surface area contributed by atoms with Crippen LogP contribution < -0.4 is 0 Å². The highest BCUT2D eigenvalue weighted by Gasteiger charge is 2.37. The van der Waals surface area contributed by atoms with E-state index in [1.807, 2.05) is 75.9 Å². The van der Waals surface area contributed by atoms with Gasteiger partial charge in [0.05, 0.1) is 0 Å². The van der Waals surface area contributed by atoms with Crippen LogP contribution in [0.2, 0.25) is 0 Å². The molecule has 0 saturated heterocycles. The summed E-state index contributed by atoms with van der Waals surface area (Å²) in [4.78, 5) is 25.6. The second kappa shape index (κ2) is 12.0. The Bertz CT molecular complexity index is 953. The van der Waals surface area contributed by atoms with Gasteiger partial charge in [-0.2, -0.15) is 0 Å². The van der Waals surface area contributed by atoms with Crippen molar-refractivity contribution in [2.45, 2.75) is 77.5 Å². The number of carboxylic acids is 1. The molecule has 4 N–H and O–H groups in total. The van der Waals surface area contributed by atoms with Gasteiger partial charge in [0, 0.05) is 30.0 Å². The summed E-state index contributed by atoms with van der Waals surface area (Å²) in [6.07, 6.45) is -5.19. The van der Waals surface area contributed by atoms with Crippen LogP contribution in [0.5, 0.6) is 5.75 Å². The van der Waals surface area contributed by atoms with Gasteiger partial charge in [-0.05, 0) is 46.2 Å². The van der Waals surface area contributed by atoms with Gasteiger partial charge < -0.3 is 25.2 Å². The maximum Gasteiger partial charge on any atom is 0.339 e. The smallest absolute Gasteiger partial charge is 0.339 e. The molecule has 8 heteroatoms. The standard InChI is InChI=1S/C26H35NO7/c1-15(2)27(16(3)4)22(34-26(33)24(30)23(29)25(31)32)14-19(18-9-7-6-8-10-18)20-13-17(5)11-12-21(20)28/h6-13,15-16,19,22-24,28-30H,14H2,1-5H3,(H,31,32). The number of nitrogens with zero attached hydrogens (tertiary/aromatic N) is 1. The molecule has 0 aliphatic carbocycles. The third-order valence-electron chi connectivity index (χ3n) is 5.77. The van der Waals surface area contributed by atoms with Crippen molar-refractivity contribution in [3.8, 4) is 5.75 Å². The summed E-state index contributed by atoms with van der Waals surface area (Å²) in [5.41, 5.74) is 2.50. The zero-order chi connectivity index (χ0) is 25.6. The first-order valence-corrected chi connectivity index (χ1v) is 11.3. The number of esters is 1. The molecule has 0 aliphatic rings. The number of hydrogen-bond donors (Lipinski definition) is 4. The molecule has 2 aromatic rings. The van der Waals surface area contributed by atoms with Crippen LogP contribution >= 0.6 is 0 Å². The predicted molar refractivity (Wildman–Crippen MR) is 127 cm³/mol. The van der Waals surface area contributed by atoms with E-state index in [4.69, 9.17) is 9.84 Å². The number of carbonyl (C=O) groups excluding carboxylic acids is 1. The highest BCUT2D eigenvalue weighted by molar-refractivity contribution is 5.84. The van der Waals surface area contributed by atoms with E-state index in [0.717, 1.165) is 11.1 Å². The number of carboxylic acid groups (broad SMARTS) is 1. The van der Waals surface area contributed by atoms with E-state index in [9.17, 15) is 24.9 Å². The number of aryl methyl sites for hydroxylation is 1. The van der Waals surface area contributed by atoms with E-state index in [-0.39, 0.29) is 30.2 Å². The Kier molecular flexibility index (Phi) is 9.61. The lowest BCUT2D eigenvalue weighted by molar-refractivity contribution is -0.184. The summed E-state index contributed by atoms with van der Waals surface area (Å²) in [7, 11) is 0. The first-order chi connectivity index (χ1) is 15.9. The third kappa shape index (κ3) is 6.79. The molecule has 2 rings (SSSR count). The monoisotopic (exact) mass is 473 g/mol. The molecule has 0 saturated carbocycles. The Morgan fingerprint density at radius 1 is 0.941 bits per heavy atom. The number of phenolic OH excluding ortho intramolecular Hbond substituents is 1. The molecule has 0 heterocycles. The first kappa shape index (κ1) is 27.3. The number of aliphatic hydroxyl groups is 2. The van der Waals surface area contributed by atoms with Crippen molar-refractivity contribution in [1.82, 2.24) is 4.90 Å². The number of aliphatic carboxylic acids is 1. The average molecular weight is 474 g/mol. The van der Waals surface area contributed by atoms with Crippen molar-refractivity contribution in [2.24, 2.45) is 0 Å². The Morgan fingerprint density at radius 2 is 1.53 bits per heavy atom. The fourth-order valence-corrected chi connectivity index (χ4v) is 4.24. The van der Waals surface area contributed by atoms with E-state index in [2.05, 4.69) is 0 Å². The van der Waals surface area contributed by atoms with Crippen LogP contribution in [0.15, 0.2) is 48.5 Å². The van der Waals surface area contributed by atoms with Crippen molar-refractivity contribution < 1.29 is 34.8 Å². The van der Waals surface area contributed by atoms with Crippen LogP contribution in [-0.2, 0) is 14.3 Å². The highest BCUT2D eigenvalue weighted by Crippen LogP contribution is 2.37. The van der Waals surface area contributed by atoms with Crippen LogP contribution in [0.1, 0.15) is 56.7 Å². The lowest BCUT2D eigenvalue weighted by atomic mass is 9.86. The molecule has 0 radical (unpaired) electrons. The number of rotatable bonds is 11. The zero-order valence-corrected chi connectivity index (χ0v) is 20.3. The van der Waals surface area contributed by atoms with E-state index in [1.165, 1.54) is 0 Å². The average Bonchev–Trinajstić information content (AvgIpc) is 2.77. The van der Waals surface area contributed by atoms with Gasteiger partial charge in [0.1, 0.15) is 5.75 Å². The topological polar surface area (TPSA) is 128 Å². The summed E-state index contributed by atoms with van der Waals surface area (Å²) in [5.74, 6) is -3.23. The molecule has 34 heavy (non-hydrogen) atoms. The maximum absolute atomic E-state index is 12.7. The van der Waals surface area contributed by atoms with E-state index < -0.39 is 30.4 Å². The molecular formula is C26H35NO7. The number of phenols is 1. The molecule has 2 aromatic carbocycles. The minimum Gasteiger partial charge on any atom is -0.508 e. The van der Waals surface area contributed by atoms with Gasteiger partial charge in [0.2, 0.25) is 0 Å². The number of carbonyl (C=O) groups is 2. The van der Waals surface area contributed by atoms with Gasteiger partial charge in [0.25, 0.3) is 0 Å². The Morgan fingerprint density at radius 3 is 2.06 bits per heavy atom. The van der Waals surface area contributed by atoms with Gasteiger partial charge in [-0.3, -0.25) is 4.90 Å². The van der Waals surface area contributed by atoms with E-state index in [1.54, 1.807) is 12.1 Å². The van der Waals surface area contributed by atoms with E-state index in [0.29, 0.717) is 5.56 Å². The molecule has 4 atom stereocenters. The number of aromatic hydroxyl groups is 1. The number of aliphatic hydroxyl groups excluding tert-OH is 2. The van der Waals surface area contributed by atoms with Crippen molar-refractivity contribution in [3.63, 3.8) is 0 Å². The fourth-order valence-electron chi connectivity index (χ4n) is 4.24. The van der Waals surface area contributed by atoms with E-state index >= 15 is 0 Å². The third-order valence-corrected chi connectivity index (χ3v) is 5.77. The van der Waals surface area contributed by atoms with Crippen molar-refractivity contribution >= 4 is 11.9 Å². The minimum absolute atomic E-state index is 0.0677. The summed E-state index contributed by atoms with van der Waals surface area (Å²) in [6.45, 7) is 9.66. The van der Waals surface area contributed by atoms with Crippen LogP contribution in [0.4, 0.5) is 0 Å². The molecule has 186 valence electrons. The molecule has 0 bridgehead atoms. The minimum atomic E-state index is -2.30. The molecule has 0 aromatic heterocycles. The van der Waals surface area contributed by atoms with Crippen molar-refractivity contribution in [1.29, 1.82) is 0 Å². The normalized spacial score (nSPS) is 15.2. The lowest BCUT2D eigenvalue weighted by Gasteiger charge is -2.39. The molecule has 0 spiro atoms. The Hall–Kier alpha value is -2.94. The van der Waals surface area contributed by atoms with Crippen molar-refractivity contribution in [2.75, 3.05) is 0 Å². The number of benzene rings is 2. The lowest BCUT2D eigenvalue weighted by Crippen LogP contribution is -2.50. The SMILES string of the molecule is Cc1ccc(O)c(C(CC(OC(=O)C(O)C(O)C(=O)O)N(C(C)C)C(C)C)c2ccccc2)c1. The summed E-state index contributed by atoms with van der Waals surface area (Å²) in [5, 5.41) is 39.3. The quantitative estimate of drug-likeness (QED) is 0.290. The fraction of sp³-hybridized carbons (Fsp3) is 0.462. The van der Waals surface area contributed by atoms with Gasteiger partial charge in [-0.15, -0.1) is 0 Å². The maximum atomic E-state index is 12.7. The summed E-state index contributed by atoms with van der Waals surface area (Å²) in [6, 6.07) is 14.7. The first-order valence-electron chi connectivity index (χ1n) is 11.3. The molecule has 4 unspecified atom stereocenters. The Balaban J connectivity index is 2.53.